The van der Waals surface area contributed by atoms with Crippen LogP contribution in [0.15, 0.2) is 11.6 Å². The average Bonchev–Trinajstić information content (AvgIpc) is 2.96. The zero-order valence-electron chi connectivity index (χ0n) is 15.7. The van der Waals surface area contributed by atoms with E-state index in [1.165, 1.54) is 38.5 Å². The molecule has 0 amide bonds. The van der Waals surface area contributed by atoms with Gasteiger partial charge in [-0.2, -0.15) is 0 Å². The summed E-state index contributed by atoms with van der Waals surface area (Å²) in [5.41, 5.74) is 1.71. The number of allylic oxidation sites excluding steroid dienone is 2. The molecule has 3 heteroatoms. The summed E-state index contributed by atoms with van der Waals surface area (Å²) >= 11 is 0. The van der Waals surface area contributed by atoms with Crippen molar-refractivity contribution >= 4 is 0 Å². The summed E-state index contributed by atoms with van der Waals surface area (Å²) in [6.45, 7) is 3.96. The summed E-state index contributed by atoms with van der Waals surface area (Å²) in [6, 6.07) is 0. The molecule has 0 aromatic heterocycles. The first-order valence-corrected chi connectivity index (χ1v) is 10.9. The zero-order chi connectivity index (χ0) is 17.1. The van der Waals surface area contributed by atoms with Crippen molar-refractivity contribution in [1.82, 2.24) is 0 Å². The van der Waals surface area contributed by atoms with Gasteiger partial charge in [-0.3, -0.25) is 0 Å². The van der Waals surface area contributed by atoms with Gasteiger partial charge in [0.05, 0.1) is 19.3 Å². The van der Waals surface area contributed by atoms with Gasteiger partial charge < -0.3 is 14.6 Å². The molecule has 3 saturated carbocycles. The van der Waals surface area contributed by atoms with Crippen LogP contribution in [-0.2, 0) is 9.47 Å². The molecule has 0 bridgehead atoms. The van der Waals surface area contributed by atoms with E-state index in [9.17, 15) is 5.11 Å². The first-order valence-electron chi connectivity index (χ1n) is 10.9. The summed E-state index contributed by atoms with van der Waals surface area (Å²) in [5, 5.41) is 11.4. The normalized spacial score (nSPS) is 48.4. The molecule has 4 fully saturated rings. The molecule has 25 heavy (non-hydrogen) atoms. The Kier molecular flexibility index (Phi) is 4.07. The van der Waals surface area contributed by atoms with Gasteiger partial charge in [0.15, 0.2) is 5.79 Å². The highest BCUT2D eigenvalue weighted by atomic mass is 16.7. The minimum atomic E-state index is -0.403. The van der Waals surface area contributed by atoms with Crippen LogP contribution in [0.5, 0.6) is 0 Å². The molecule has 1 heterocycles. The lowest BCUT2D eigenvalue weighted by molar-refractivity contribution is -0.333. The van der Waals surface area contributed by atoms with Crippen molar-refractivity contribution in [1.29, 1.82) is 0 Å². The Balaban J connectivity index is 1.51. The van der Waals surface area contributed by atoms with E-state index in [4.69, 9.17) is 9.47 Å². The molecule has 140 valence electrons. The van der Waals surface area contributed by atoms with E-state index < -0.39 is 5.79 Å². The Labute approximate surface area is 152 Å². The Morgan fingerprint density at radius 3 is 2.80 bits per heavy atom. The highest BCUT2D eigenvalue weighted by molar-refractivity contribution is 5.21. The third-order valence-corrected chi connectivity index (χ3v) is 8.70. The first kappa shape index (κ1) is 16.8. The van der Waals surface area contributed by atoms with Crippen molar-refractivity contribution in [3.8, 4) is 0 Å². The summed E-state index contributed by atoms with van der Waals surface area (Å²) in [7, 11) is 0. The van der Waals surface area contributed by atoms with Crippen LogP contribution in [0.25, 0.3) is 0 Å². The van der Waals surface area contributed by atoms with Gasteiger partial charge in [0.2, 0.25) is 0 Å². The average molecular weight is 347 g/mol. The van der Waals surface area contributed by atoms with Crippen molar-refractivity contribution in [2.45, 2.75) is 83.0 Å². The number of hydrogen-bond acceptors (Lipinski definition) is 3. The van der Waals surface area contributed by atoms with Crippen LogP contribution >= 0.6 is 0 Å². The van der Waals surface area contributed by atoms with E-state index in [1.54, 1.807) is 5.57 Å². The SMILES string of the molecule is CCC12CC(O)[C@@H]3C4CCCC=C4CCC3[C@@H]1CCC21OCCCO1. The second-order valence-electron chi connectivity index (χ2n) is 9.33. The van der Waals surface area contributed by atoms with Crippen LogP contribution in [0.2, 0.25) is 0 Å². The fourth-order valence-corrected chi connectivity index (χ4v) is 7.81. The molecule has 0 aromatic rings. The van der Waals surface area contributed by atoms with Crippen molar-refractivity contribution in [3.05, 3.63) is 11.6 Å². The molecule has 5 aliphatic rings. The first-order chi connectivity index (χ1) is 12.2. The number of hydrogen-bond donors (Lipinski definition) is 1. The molecule has 1 spiro atoms. The number of ether oxygens (including phenoxy) is 2. The fraction of sp³-hybridized carbons (Fsp3) is 0.909. The minimum absolute atomic E-state index is 0.0316. The predicted molar refractivity (Wildman–Crippen MR) is 97.0 cm³/mol. The fourth-order valence-electron chi connectivity index (χ4n) is 7.81. The maximum atomic E-state index is 11.4. The highest BCUT2D eigenvalue weighted by Crippen LogP contribution is 2.67. The molecular weight excluding hydrogens is 312 g/mol. The smallest absolute Gasteiger partial charge is 0.174 e. The minimum Gasteiger partial charge on any atom is -0.393 e. The van der Waals surface area contributed by atoms with E-state index in [2.05, 4.69) is 13.0 Å². The quantitative estimate of drug-likeness (QED) is 0.713. The lowest BCUT2D eigenvalue weighted by Crippen LogP contribution is -2.61. The molecule has 0 aromatic carbocycles. The zero-order valence-corrected chi connectivity index (χ0v) is 15.7. The van der Waals surface area contributed by atoms with Crippen LogP contribution in [-0.4, -0.2) is 30.2 Å². The van der Waals surface area contributed by atoms with E-state index in [-0.39, 0.29) is 11.5 Å². The van der Waals surface area contributed by atoms with Crippen molar-refractivity contribution in [3.63, 3.8) is 0 Å². The van der Waals surface area contributed by atoms with Gasteiger partial charge in [0, 0.05) is 11.8 Å². The maximum absolute atomic E-state index is 11.4. The summed E-state index contributed by atoms with van der Waals surface area (Å²) < 4.78 is 12.8. The monoisotopic (exact) mass is 346 g/mol. The largest absolute Gasteiger partial charge is 0.393 e. The third-order valence-electron chi connectivity index (χ3n) is 8.70. The number of aliphatic hydroxyl groups excluding tert-OH is 1. The molecule has 3 nitrogen and oxygen atoms in total. The van der Waals surface area contributed by atoms with Gasteiger partial charge in [-0.05, 0) is 81.5 Å². The Hall–Kier alpha value is -0.380. The van der Waals surface area contributed by atoms with E-state index in [0.29, 0.717) is 23.7 Å². The number of rotatable bonds is 1. The molecular formula is C22H34O3. The van der Waals surface area contributed by atoms with Crippen molar-refractivity contribution in [2.75, 3.05) is 13.2 Å². The van der Waals surface area contributed by atoms with E-state index in [1.807, 2.05) is 0 Å². The molecule has 1 N–H and O–H groups in total. The summed E-state index contributed by atoms with van der Waals surface area (Å²) in [6.07, 6.45) is 14.0. The van der Waals surface area contributed by atoms with Crippen LogP contribution in [0.1, 0.15) is 71.1 Å². The molecule has 4 unspecified atom stereocenters. The van der Waals surface area contributed by atoms with Gasteiger partial charge in [0.25, 0.3) is 0 Å². The molecule has 0 radical (unpaired) electrons. The van der Waals surface area contributed by atoms with Gasteiger partial charge in [-0.15, -0.1) is 0 Å². The molecule has 5 rings (SSSR count). The second-order valence-corrected chi connectivity index (χ2v) is 9.33. The molecule has 1 aliphatic heterocycles. The van der Waals surface area contributed by atoms with Gasteiger partial charge in [-0.1, -0.05) is 18.6 Å². The van der Waals surface area contributed by atoms with E-state index >= 15 is 0 Å². The van der Waals surface area contributed by atoms with Crippen LogP contribution < -0.4 is 0 Å². The van der Waals surface area contributed by atoms with Crippen LogP contribution in [0.4, 0.5) is 0 Å². The van der Waals surface area contributed by atoms with Crippen LogP contribution in [0.3, 0.4) is 0 Å². The molecule has 6 atom stereocenters. The number of fused-ring (bicyclic) bond motifs is 6. The van der Waals surface area contributed by atoms with Gasteiger partial charge in [0.1, 0.15) is 0 Å². The Bertz CT molecular complexity index is 549. The third kappa shape index (κ3) is 2.21. The van der Waals surface area contributed by atoms with Crippen molar-refractivity contribution in [2.24, 2.45) is 29.1 Å². The lowest BCUT2D eigenvalue weighted by atomic mass is 9.49. The standard InChI is InChI=1S/C22H34O3/c1-2-21-14-19(23)20-16-7-4-3-6-15(16)8-9-17(20)18(21)10-11-22(21)24-12-5-13-25-22/h6,16-20,23H,2-5,7-14H2,1H3/t16?,17?,18-,19?,20+,21?/m0/s1. The number of aliphatic hydroxyl groups is 1. The lowest BCUT2D eigenvalue weighted by Gasteiger charge is -2.59. The van der Waals surface area contributed by atoms with Gasteiger partial charge >= 0.3 is 0 Å². The second kappa shape index (κ2) is 6.07. The summed E-state index contributed by atoms with van der Waals surface area (Å²) in [5.74, 6) is 2.08. The van der Waals surface area contributed by atoms with Gasteiger partial charge in [-0.25, -0.2) is 0 Å². The summed E-state index contributed by atoms with van der Waals surface area (Å²) in [4.78, 5) is 0. The Morgan fingerprint density at radius 2 is 2.00 bits per heavy atom. The molecule has 4 aliphatic carbocycles. The molecule has 1 saturated heterocycles. The van der Waals surface area contributed by atoms with E-state index in [0.717, 1.165) is 38.9 Å². The highest BCUT2D eigenvalue weighted by Gasteiger charge is 2.68. The Morgan fingerprint density at radius 1 is 1.16 bits per heavy atom. The predicted octanol–water partition coefficient (Wildman–Crippen LogP) is 4.44. The topological polar surface area (TPSA) is 38.7 Å². The van der Waals surface area contributed by atoms with Crippen molar-refractivity contribution < 1.29 is 14.6 Å². The maximum Gasteiger partial charge on any atom is 0.174 e. The van der Waals surface area contributed by atoms with Crippen LogP contribution in [0, 0.1) is 29.1 Å².